The lowest BCUT2D eigenvalue weighted by atomic mass is 9.62. The molecule has 0 saturated carbocycles. The van der Waals surface area contributed by atoms with E-state index in [-0.39, 0.29) is 5.54 Å². The van der Waals surface area contributed by atoms with E-state index in [4.69, 9.17) is 11.5 Å². The van der Waals surface area contributed by atoms with Crippen molar-refractivity contribution < 1.29 is 0 Å². The van der Waals surface area contributed by atoms with Gasteiger partial charge in [0.1, 0.15) is 0 Å². The summed E-state index contributed by atoms with van der Waals surface area (Å²) in [4.78, 5) is 0. The Morgan fingerprint density at radius 1 is 1.39 bits per heavy atom. The number of nitrogens with two attached hydrogens (primary N) is 2. The predicted molar refractivity (Wildman–Crippen MR) is 76.0 cm³/mol. The molecule has 2 heteroatoms. The summed E-state index contributed by atoms with van der Waals surface area (Å²) >= 11 is 0. The molecule has 4 N–H and O–H groups in total. The number of rotatable bonds is 0. The molecule has 2 atom stereocenters. The number of hydrogen-bond donors (Lipinski definition) is 2. The standard InChI is InChI=1S/C16H20N2/c1-3-13-11-7-10(2)9-16(13,18)14-5-4-6-15(17)12(14)8-11/h3-7,11H,8-9,17-18H2,1-2H3/b13-3+. The van der Waals surface area contributed by atoms with Crippen molar-refractivity contribution in [2.75, 3.05) is 5.73 Å². The average Bonchev–Trinajstić information content (AvgIpc) is 2.29. The maximum absolute atomic E-state index is 6.76. The van der Waals surface area contributed by atoms with Crippen LogP contribution in [-0.4, -0.2) is 0 Å². The highest BCUT2D eigenvalue weighted by atomic mass is 14.8. The molecule has 0 radical (unpaired) electrons. The Morgan fingerprint density at radius 2 is 2.17 bits per heavy atom. The van der Waals surface area contributed by atoms with E-state index in [0.29, 0.717) is 5.92 Å². The summed E-state index contributed by atoms with van der Waals surface area (Å²) in [6.07, 6.45) is 6.44. The molecule has 0 heterocycles. The zero-order valence-corrected chi connectivity index (χ0v) is 11.0. The van der Waals surface area contributed by atoms with E-state index in [9.17, 15) is 0 Å². The van der Waals surface area contributed by atoms with Crippen molar-refractivity contribution in [1.29, 1.82) is 0 Å². The van der Waals surface area contributed by atoms with E-state index in [1.165, 1.54) is 22.3 Å². The summed E-state index contributed by atoms with van der Waals surface area (Å²) < 4.78 is 0. The highest BCUT2D eigenvalue weighted by Gasteiger charge is 2.43. The van der Waals surface area contributed by atoms with E-state index >= 15 is 0 Å². The van der Waals surface area contributed by atoms with E-state index in [1.54, 1.807) is 0 Å². The number of nitrogen functional groups attached to an aromatic ring is 1. The molecule has 2 aliphatic rings. The monoisotopic (exact) mass is 240 g/mol. The number of fused-ring (bicyclic) bond motifs is 4. The molecule has 2 unspecified atom stereocenters. The Balaban J connectivity index is 2.29. The second kappa shape index (κ2) is 3.72. The van der Waals surface area contributed by atoms with Gasteiger partial charge >= 0.3 is 0 Å². The second-order valence-electron chi connectivity index (χ2n) is 5.59. The van der Waals surface area contributed by atoms with E-state index in [0.717, 1.165) is 18.5 Å². The zero-order valence-electron chi connectivity index (χ0n) is 11.0. The fraction of sp³-hybridized carbons (Fsp3) is 0.375. The summed E-state index contributed by atoms with van der Waals surface area (Å²) in [5.41, 5.74) is 18.6. The highest BCUT2D eigenvalue weighted by Crippen LogP contribution is 2.49. The Hall–Kier alpha value is -1.54. The van der Waals surface area contributed by atoms with Crippen LogP contribution >= 0.6 is 0 Å². The molecule has 0 aliphatic heterocycles. The first-order valence-electron chi connectivity index (χ1n) is 6.57. The van der Waals surface area contributed by atoms with Crippen LogP contribution in [0.25, 0.3) is 0 Å². The van der Waals surface area contributed by atoms with Crippen molar-refractivity contribution in [1.82, 2.24) is 0 Å². The third-order valence-electron chi connectivity index (χ3n) is 4.39. The van der Waals surface area contributed by atoms with Crippen molar-refractivity contribution in [3.63, 3.8) is 0 Å². The number of allylic oxidation sites excluding steroid dienone is 2. The van der Waals surface area contributed by atoms with Crippen LogP contribution in [0.15, 0.2) is 41.5 Å². The van der Waals surface area contributed by atoms with E-state index < -0.39 is 0 Å². The number of anilines is 1. The van der Waals surface area contributed by atoms with Crippen molar-refractivity contribution in [2.45, 2.75) is 32.2 Å². The smallest absolute Gasteiger partial charge is 0.0671 e. The topological polar surface area (TPSA) is 52.0 Å². The largest absolute Gasteiger partial charge is 0.398 e. The van der Waals surface area contributed by atoms with Crippen LogP contribution in [0.5, 0.6) is 0 Å². The molecule has 3 rings (SSSR count). The molecular weight excluding hydrogens is 220 g/mol. The van der Waals surface area contributed by atoms with Crippen LogP contribution in [0, 0.1) is 5.92 Å². The summed E-state index contributed by atoms with van der Waals surface area (Å²) in [6.45, 7) is 4.27. The minimum absolute atomic E-state index is 0.346. The molecule has 0 saturated heterocycles. The third-order valence-corrected chi connectivity index (χ3v) is 4.39. The fourth-order valence-electron chi connectivity index (χ4n) is 3.73. The molecular formula is C16H20N2. The Kier molecular flexibility index (Phi) is 2.39. The Labute approximate surface area is 108 Å². The zero-order chi connectivity index (χ0) is 12.9. The highest BCUT2D eigenvalue weighted by molar-refractivity contribution is 5.60. The van der Waals surface area contributed by atoms with Crippen LogP contribution in [0.3, 0.4) is 0 Å². The average molecular weight is 240 g/mol. The van der Waals surface area contributed by atoms with Crippen LogP contribution in [0.4, 0.5) is 5.69 Å². The van der Waals surface area contributed by atoms with E-state index in [2.05, 4.69) is 32.1 Å². The fourth-order valence-corrected chi connectivity index (χ4v) is 3.73. The second-order valence-corrected chi connectivity index (χ2v) is 5.59. The van der Waals surface area contributed by atoms with Crippen molar-refractivity contribution in [3.8, 4) is 0 Å². The van der Waals surface area contributed by atoms with Gasteiger partial charge in [-0.3, -0.25) is 0 Å². The Morgan fingerprint density at radius 3 is 2.89 bits per heavy atom. The van der Waals surface area contributed by atoms with Crippen molar-refractivity contribution >= 4 is 5.69 Å². The minimum atomic E-state index is -0.346. The molecule has 0 aromatic heterocycles. The molecule has 2 bridgehead atoms. The molecule has 2 aliphatic carbocycles. The quantitative estimate of drug-likeness (QED) is 0.541. The summed E-state index contributed by atoms with van der Waals surface area (Å²) in [7, 11) is 0. The third kappa shape index (κ3) is 1.39. The van der Waals surface area contributed by atoms with Gasteiger partial charge in [0.2, 0.25) is 0 Å². The first-order valence-corrected chi connectivity index (χ1v) is 6.57. The molecule has 0 spiro atoms. The number of benzene rings is 1. The lowest BCUT2D eigenvalue weighted by Gasteiger charge is -2.46. The molecule has 0 amide bonds. The summed E-state index contributed by atoms with van der Waals surface area (Å²) in [5.74, 6) is 0.422. The first kappa shape index (κ1) is 11.5. The summed E-state index contributed by atoms with van der Waals surface area (Å²) in [5, 5.41) is 0. The van der Waals surface area contributed by atoms with Gasteiger partial charge in [0, 0.05) is 11.6 Å². The molecule has 0 fully saturated rings. The van der Waals surface area contributed by atoms with Gasteiger partial charge < -0.3 is 11.5 Å². The minimum Gasteiger partial charge on any atom is -0.398 e. The van der Waals surface area contributed by atoms with Crippen molar-refractivity contribution in [2.24, 2.45) is 11.7 Å². The maximum Gasteiger partial charge on any atom is 0.0671 e. The summed E-state index contributed by atoms with van der Waals surface area (Å²) in [6, 6.07) is 6.14. The van der Waals surface area contributed by atoms with Gasteiger partial charge in [0.15, 0.2) is 0 Å². The lowest BCUT2D eigenvalue weighted by Crippen LogP contribution is -2.47. The van der Waals surface area contributed by atoms with Crippen LogP contribution < -0.4 is 11.5 Å². The molecule has 2 nitrogen and oxygen atoms in total. The van der Waals surface area contributed by atoms with Gasteiger partial charge in [-0.05, 0) is 49.5 Å². The van der Waals surface area contributed by atoms with Crippen LogP contribution in [-0.2, 0) is 12.0 Å². The molecule has 1 aromatic rings. The SMILES string of the molecule is C/C=C1\C2C=C(C)CC1(N)c1cccc(N)c1C2. The van der Waals surface area contributed by atoms with Gasteiger partial charge in [0.25, 0.3) is 0 Å². The lowest BCUT2D eigenvalue weighted by molar-refractivity contribution is 0.416. The van der Waals surface area contributed by atoms with E-state index in [1.807, 2.05) is 12.1 Å². The van der Waals surface area contributed by atoms with Crippen LogP contribution in [0.1, 0.15) is 31.4 Å². The predicted octanol–water partition coefficient (Wildman–Crippen LogP) is 2.89. The van der Waals surface area contributed by atoms with Gasteiger partial charge in [-0.15, -0.1) is 0 Å². The molecule has 18 heavy (non-hydrogen) atoms. The van der Waals surface area contributed by atoms with Crippen molar-refractivity contribution in [3.05, 3.63) is 52.6 Å². The number of hydrogen-bond acceptors (Lipinski definition) is 2. The normalized spacial score (nSPS) is 32.1. The van der Waals surface area contributed by atoms with Crippen LogP contribution in [0.2, 0.25) is 0 Å². The van der Waals surface area contributed by atoms with Gasteiger partial charge in [-0.25, -0.2) is 0 Å². The first-order chi connectivity index (χ1) is 8.56. The van der Waals surface area contributed by atoms with Gasteiger partial charge in [-0.2, -0.15) is 0 Å². The Bertz CT molecular complexity index is 568. The van der Waals surface area contributed by atoms with Gasteiger partial charge in [0.05, 0.1) is 5.54 Å². The molecule has 94 valence electrons. The molecule has 1 aromatic carbocycles. The van der Waals surface area contributed by atoms with Gasteiger partial charge in [-0.1, -0.05) is 29.9 Å². The maximum atomic E-state index is 6.76.